The maximum Gasteiger partial charge on any atom is 0.257 e. The fraction of sp³-hybridized carbons (Fsp3) is 0.381. The number of hydrogen-bond donors (Lipinski definition) is 2. The Morgan fingerprint density at radius 2 is 1.89 bits per heavy atom. The Morgan fingerprint density at radius 3 is 2.54 bits per heavy atom. The highest BCUT2D eigenvalue weighted by Gasteiger charge is 2.28. The van der Waals surface area contributed by atoms with Crippen molar-refractivity contribution in [2.24, 2.45) is 5.92 Å². The minimum absolute atomic E-state index is 0.0579. The van der Waals surface area contributed by atoms with Crippen LogP contribution in [0.15, 0.2) is 41.2 Å². The number of nitrogens with one attached hydrogen (secondary N) is 2. The molecule has 1 aliphatic heterocycles. The number of aryl methyl sites for hydroxylation is 1. The molecule has 2 heterocycles. The molecule has 1 saturated heterocycles. The number of carbonyl (C=O) groups excluding carboxylic acids is 3. The van der Waals surface area contributed by atoms with E-state index < -0.39 is 0 Å². The molecule has 0 spiro atoms. The first-order valence-electron chi connectivity index (χ1n) is 9.50. The second kappa shape index (κ2) is 8.73. The fourth-order valence-corrected chi connectivity index (χ4v) is 3.23. The van der Waals surface area contributed by atoms with Gasteiger partial charge in [0.25, 0.3) is 5.91 Å². The number of hydrogen-bond acceptors (Lipinski definition) is 4. The molecule has 2 aromatic rings. The molecule has 1 aliphatic rings. The van der Waals surface area contributed by atoms with Gasteiger partial charge in [0.05, 0.1) is 11.8 Å². The number of benzene rings is 1. The van der Waals surface area contributed by atoms with Crippen LogP contribution in [0.3, 0.4) is 0 Å². The molecular formula is C21H25N3O4. The number of nitrogens with zero attached hydrogens (tertiary/aromatic N) is 1. The van der Waals surface area contributed by atoms with Crippen LogP contribution in [0.4, 0.5) is 11.4 Å². The minimum Gasteiger partial charge on any atom is -0.472 e. The predicted molar refractivity (Wildman–Crippen MR) is 106 cm³/mol. The van der Waals surface area contributed by atoms with Gasteiger partial charge in [-0.05, 0) is 43.5 Å². The van der Waals surface area contributed by atoms with E-state index in [4.69, 9.17) is 4.42 Å². The van der Waals surface area contributed by atoms with Crippen molar-refractivity contribution in [1.82, 2.24) is 4.90 Å². The van der Waals surface area contributed by atoms with E-state index in [1.807, 2.05) is 19.1 Å². The largest absolute Gasteiger partial charge is 0.472 e. The fourth-order valence-electron chi connectivity index (χ4n) is 3.23. The van der Waals surface area contributed by atoms with E-state index in [1.54, 1.807) is 24.0 Å². The summed E-state index contributed by atoms with van der Waals surface area (Å²) < 4.78 is 4.97. The Bertz CT molecular complexity index is 853. The molecule has 2 N–H and O–H groups in total. The van der Waals surface area contributed by atoms with Crippen molar-refractivity contribution >= 4 is 29.1 Å². The first kappa shape index (κ1) is 19.7. The van der Waals surface area contributed by atoms with Crippen LogP contribution in [0.5, 0.6) is 0 Å². The van der Waals surface area contributed by atoms with Gasteiger partial charge in [0.2, 0.25) is 11.8 Å². The average Bonchev–Trinajstić information content (AvgIpc) is 3.24. The van der Waals surface area contributed by atoms with Crippen LogP contribution in [-0.2, 0) is 9.59 Å². The highest BCUT2D eigenvalue weighted by Crippen LogP contribution is 2.24. The van der Waals surface area contributed by atoms with Gasteiger partial charge in [0.15, 0.2) is 0 Å². The summed E-state index contributed by atoms with van der Waals surface area (Å²) in [5.41, 5.74) is 2.81. The molecule has 28 heavy (non-hydrogen) atoms. The molecule has 1 aromatic heterocycles. The van der Waals surface area contributed by atoms with Crippen molar-refractivity contribution in [2.45, 2.75) is 33.1 Å². The lowest BCUT2D eigenvalue weighted by molar-refractivity contribution is -0.121. The Kier molecular flexibility index (Phi) is 6.13. The summed E-state index contributed by atoms with van der Waals surface area (Å²) in [5.74, 6) is -0.349. The Hall–Kier alpha value is -3.09. The van der Waals surface area contributed by atoms with E-state index >= 15 is 0 Å². The zero-order valence-electron chi connectivity index (χ0n) is 16.2. The van der Waals surface area contributed by atoms with Gasteiger partial charge in [-0.3, -0.25) is 14.4 Å². The normalized spacial score (nSPS) is 14.6. The molecule has 0 atom stereocenters. The Morgan fingerprint density at radius 1 is 1.14 bits per heavy atom. The van der Waals surface area contributed by atoms with Crippen molar-refractivity contribution in [2.75, 3.05) is 23.7 Å². The van der Waals surface area contributed by atoms with Gasteiger partial charge in [-0.1, -0.05) is 13.0 Å². The molecule has 0 bridgehead atoms. The van der Waals surface area contributed by atoms with Gasteiger partial charge in [0.1, 0.15) is 6.26 Å². The lowest BCUT2D eigenvalue weighted by Crippen LogP contribution is -2.41. The first-order chi connectivity index (χ1) is 13.5. The minimum atomic E-state index is -0.151. The van der Waals surface area contributed by atoms with Gasteiger partial charge < -0.3 is 20.0 Å². The van der Waals surface area contributed by atoms with Crippen molar-refractivity contribution in [3.05, 3.63) is 47.9 Å². The molecule has 3 rings (SSSR count). The summed E-state index contributed by atoms with van der Waals surface area (Å²) in [6, 6.07) is 7.11. The summed E-state index contributed by atoms with van der Waals surface area (Å²) in [6.45, 7) is 4.77. The van der Waals surface area contributed by atoms with E-state index in [2.05, 4.69) is 10.6 Å². The summed E-state index contributed by atoms with van der Waals surface area (Å²) in [5, 5.41) is 5.78. The molecule has 7 heteroatoms. The predicted octanol–water partition coefficient (Wildman–Crippen LogP) is 3.43. The number of furan rings is 1. The van der Waals surface area contributed by atoms with Gasteiger partial charge in [-0.25, -0.2) is 0 Å². The SMILES string of the molecule is CCC(=O)Nc1ccc(C)c(NC(=O)C2CCN(C(=O)c3ccoc3)CC2)c1. The molecule has 148 valence electrons. The van der Waals surface area contributed by atoms with Crippen LogP contribution in [0.1, 0.15) is 42.1 Å². The summed E-state index contributed by atoms with van der Waals surface area (Å²) >= 11 is 0. The van der Waals surface area contributed by atoms with Crippen LogP contribution in [0, 0.1) is 12.8 Å². The van der Waals surface area contributed by atoms with Crippen molar-refractivity contribution in [3.63, 3.8) is 0 Å². The summed E-state index contributed by atoms with van der Waals surface area (Å²) in [6.07, 6.45) is 4.54. The molecule has 0 saturated carbocycles. The molecule has 0 aliphatic carbocycles. The molecule has 1 aromatic carbocycles. The standard InChI is InChI=1S/C21H25N3O4/c1-3-19(25)22-17-5-4-14(2)18(12-17)23-20(26)15-6-9-24(10-7-15)21(27)16-8-11-28-13-16/h4-5,8,11-13,15H,3,6-7,9-10H2,1-2H3,(H,22,25)(H,23,26). The lowest BCUT2D eigenvalue weighted by Gasteiger charge is -2.31. The molecule has 3 amide bonds. The number of carbonyl (C=O) groups is 3. The second-order valence-corrected chi connectivity index (χ2v) is 7.00. The van der Waals surface area contributed by atoms with Crippen molar-refractivity contribution < 1.29 is 18.8 Å². The van der Waals surface area contributed by atoms with Gasteiger partial charge in [-0.2, -0.15) is 0 Å². The van der Waals surface area contributed by atoms with Crippen LogP contribution in [0.2, 0.25) is 0 Å². The average molecular weight is 383 g/mol. The zero-order valence-corrected chi connectivity index (χ0v) is 16.2. The Labute approximate surface area is 164 Å². The Balaban J connectivity index is 1.58. The van der Waals surface area contributed by atoms with Gasteiger partial charge in [-0.15, -0.1) is 0 Å². The quantitative estimate of drug-likeness (QED) is 0.827. The van der Waals surface area contributed by atoms with E-state index in [0.29, 0.717) is 49.3 Å². The third kappa shape index (κ3) is 4.60. The molecule has 7 nitrogen and oxygen atoms in total. The van der Waals surface area contributed by atoms with Crippen LogP contribution >= 0.6 is 0 Å². The van der Waals surface area contributed by atoms with Crippen LogP contribution in [-0.4, -0.2) is 35.7 Å². The highest BCUT2D eigenvalue weighted by atomic mass is 16.3. The molecular weight excluding hydrogens is 358 g/mol. The van der Waals surface area contributed by atoms with Crippen LogP contribution < -0.4 is 10.6 Å². The third-order valence-corrected chi connectivity index (χ3v) is 5.02. The zero-order chi connectivity index (χ0) is 20.1. The second-order valence-electron chi connectivity index (χ2n) is 7.00. The first-order valence-corrected chi connectivity index (χ1v) is 9.50. The van der Waals surface area contributed by atoms with E-state index in [0.717, 1.165) is 5.56 Å². The highest BCUT2D eigenvalue weighted by molar-refractivity contribution is 5.96. The topological polar surface area (TPSA) is 91.7 Å². The van der Waals surface area contributed by atoms with Crippen molar-refractivity contribution in [3.8, 4) is 0 Å². The van der Waals surface area contributed by atoms with Gasteiger partial charge >= 0.3 is 0 Å². The van der Waals surface area contributed by atoms with E-state index in [9.17, 15) is 14.4 Å². The van der Waals surface area contributed by atoms with E-state index in [1.165, 1.54) is 12.5 Å². The summed E-state index contributed by atoms with van der Waals surface area (Å²) in [4.78, 5) is 38.4. The monoisotopic (exact) mass is 383 g/mol. The third-order valence-electron chi connectivity index (χ3n) is 5.02. The molecule has 1 fully saturated rings. The lowest BCUT2D eigenvalue weighted by atomic mass is 9.95. The number of anilines is 2. The van der Waals surface area contributed by atoms with Gasteiger partial charge in [0, 0.05) is 36.8 Å². The molecule has 0 unspecified atom stereocenters. The number of piperidine rings is 1. The van der Waals surface area contributed by atoms with E-state index in [-0.39, 0.29) is 23.6 Å². The number of rotatable bonds is 5. The van der Waals surface area contributed by atoms with Crippen molar-refractivity contribution in [1.29, 1.82) is 0 Å². The summed E-state index contributed by atoms with van der Waals surface area (Å²) in [7, 11) is 0. The molecule has 0 radical (unpaired) electrons. The maximum absolute atomic E-state index is 12.7. The van der Waals surface area contributed by atoms with Crippen LogP contribution in [0.25, 0.3) is 0 Å². The smallest absolute Gasteiger partial charge is 0.257 e. The number of likely N-dealkylation sites (tertiary alicyclic amines) is 1. The number of amides is 3. The maximum atomic E-state index is 12.7.